The van der Waals surface area contributed by atoms with Gasteiger partial charge >= 0.3 is 5.97 Å². The number of H-pyrrole nitrogens is 1. The van der Waals surface area contributed by atoms with Crippen LogP contribution in [0.5, 0.6) is 0 Å². The summed E-state index contributed by atoms with van der Waals surface area (Å²) in [6.45, 7) is 3.71. The van der Waals surface area contributed by atoms with Crippen molar-refractivity contribution in [1.29, 1.82) is 0 Å². The molecule has 0 radical (unpaired) electrons. The Morgan fingerprint density at radius 1 is 1.14 bits per heavy atom. The quantitative estimate of drug-likeness (QED) is 0.667. The zero-order valence-electron chi connectivity index (χ0n) is 15.7. The number of halogens is 1. The second kappa shape index (κ2) is 6.64. The van der Waals surface area contributed by atoms with Crippen molar-refractivity contribution in [2.45, 2.75) is 19.8 Å². The summed E-state index contributed by atoms with van der Waals surface area (Å²) >= 11 is 0. The lowest BCUT2D eigenvalue weighted by molar-refractivity contribution is -0.116. The number of hydrogen-bond donors (Lipinski definition) is 2. The molecular formula is C22H19FN2O3. The molecule has 1 aromatic heterocycles. The second-order valence-electron chi connectivity index (χ2n) is 6.87. The Morgan fingerprint density at radius 2 is 1.89 bits per heavy atom. The van der Waals surface area contributed by atoms with E-state index in [9.17, 15) is 14.0 Å². The van der Waals surface area contributed by atoms with E-state index in [0.29, 0.717) is 33.8 Å². The SMILES string of the molecule is COC(=O)c1c(C)[nH]c(-c2ccccc2C)c1[C@H]1C(=O)Nc2ccc(F)cc21. The van der Waals surface area contributed by atoms with Crippen molar-refractivity contribution >= 4 is 17.6 Å². The summed E-state index contributed by atoms with van der Waals surface area (Å²) in [7, 11) is 1.30. The topological polar surface area (TPSA) is 71.2 Å². The molecule has 4 rings (SSSR count). The molecule has 0 spiro atoms. The van der Waals surface area contributed by atoms with E-state index in [1.54, 1.807) is 6.92 Å². The third kappa shape index (κ3) is 2.69. The number of benzene rings is 2. The maximum Gasteiger partial charge on any atom is 0.340 e. The first-order valence-electron chi connectivity index (χ1n) is 8.89. The third-order valence-corrected chi connectivity index (χ3v) is 5.16. The molecule has 0 saturated carbocycles. The predicted octanol–water partition coefficient (Wildman–Crippen LogP) is 4.31. The van der Waals surface area contributed by atoms with E-state index in [0.717, 1.165) is 11.1 Å². The molecule has 2 heterocycles. The molecule has 28 heavy (non-hydrogen) atoms. The number of carbonyl (C=O) groups is 2. The minimum Gasteiger partial charge on any atom is -0.465 e. The number of rotatable bonds is 3. The van der Waals surface area contributed by atoms with Crippen LogP contribution in [0, 0.1) is 19.7 Å². The Morgan fingerprint density at radius 3 is 2.61 bits per heavy atom. The van der Waals surface area contributed by atoms with Gasteiger partial charge in [-0.2, -0.15) is 0 Å². The molecule has 0 aliphatic carbocycles. The molecular weight excluding hydrogens is 359 g/mol. The minimum absolute atomic E-state index is 0.304. The molecule has 1 amide bonds. The molecule has 2 N–H and O–H groups in total. The van der Waals surface area contributed by atoms with Crippen LogP contribution >= 0.6 is 0 Å². The molecule has 0 unspecified atom stereocenters. The molecule has 1 aliphatic rings. The number of amides is 1. The maximum atomic E-state index is 14.0. The molecule has 0 saturated heterocycles. The minimum atomic E-state index is -0.820. The Bertz CT molecular complexity index is 1120. The fourth-order valence-corrected chi connectivity index (χ4v) is 3.88. The highest BCUT2D eigenvalue weighted by Gasteiger charge is 2.39. The van der Waals surface area contributed by atoms with Crippen molar-refractivity contribution in [3.05, 3.63) is 76.2 Å². The summed E-state index contributed by atoms with van der Waals surface area (Å²) < 4.78 is 18.9. The van der Waals surface area contributed by atoms with Crippen molar-refractivity contribution in [1.82, 2.24) is 4.98 Å². The number of carbonyl (C=O) groups excluding carboxylic acids is 2. The van der Waals surface area contributed by atoms with Gasteiger partial charge in [-0.05, 0) is 43.2 Å². The molecule has 142 valence electrons. The molecule has 3 aromatic rings. The largest absolute Gasteiger partial charge is 0.465 e. The third-order valence-electron chi connectivity index (χ3n) is 5.16. The van der Waals surface area contributed by atoms with Gasteiger partial charge in [-0.3, -0.25) is 4.79 Å². The lowest BCUT2D eigenvalue weighted by Gasteiger charge is -2.14. The monoisotopic (exact) mass is 378 g/mol. The molecule has 5 nitrogen and oxygen atoms in total. The van der Waals surface area contributed by atoms with Crippen LogP contribution in [0.2, 0.25) is 0 Å². The summed E-state index contributed by atoms with van der Waals surface area (Å²) in [5.41, 5.74) is 4.96. The lowest BCUT2D eigenvalue weighted by atomic mass is 9.86. The van der Waals surface area contributed by atoms with Gasteiger partial charge in [0, 0.05) is 22.5 Å². The highest BCUT2D eigenvalue weighted by atomic mass is 19.1. The molecule has 6 heteroatoms. The highest BCUT2D eigenvalue weighted by molar-refractivity contribution is 6.08. The summed E-state index contributed by atoms with van der Waals surface area (Å²) in [5, 5.41) is 2.79. The van der Waals surface area contributed by atoms with Gasteiger partial charge in [0.1, 0.15) is 5.82 Å². The number of esters is 1. The van der Waals surface area contributed by atoms with E-state index in [1.165, 1.54) is 25.3 Å². The molecule has 1 atom stereocenters. The first kappa shape index (κ1) is 18.0. The van der Waals surface area contributed by atoms with E-state index in [2.05, 4.69) is 10.3 Å². The van der Waals surface area contributed by atoms with Crippen LogP contribution in [-0.2, 0) is 9.53 Å². The smallest absolute Gasteiger partial charge is 0.340 e. The zero-order chi connectivity index (χ0) is 20.0. The number of aromatic amines is 1. The van der Waals surface area contributed by atoms with E-state index in [-0.39, 0.29) is 5.91 Å². The second-order valence-corrected chi connectivity index (χ2v) is 6.87. The Balaban J connectivity index is 2.04. The van der Waals surface area contributed by atoms with Gasteiger partial charge in [0.2, 0.25) is 5.91 Å². The predicted molar refractivity (Wildman–Crippen MR) is 104 cm³/mol. The van der Waals surface area contributed by atoms with E-state index in [1.807, 2.05) is 31.2 Å². The van der Waals surface area contributed by atoms with Gasteiger partial charge in [0.25, 0.3) is 0 Å². The maximum absolute atomic E-state index is 14.0. The summed E-state index contributed by atoms with van der Waals surface area (Å²) in [6, 6.07) is 11.9. The first-order chi connectivity index (χ1) is 13.4. The van der Waals surface area contributed by atoms with E-state index in [4.69, 9.17) is 4.74 Å². The normalized spacial score (nSPS) is 15.3. The van der Waals surface area contributed by atoms with Crippen molar-refractivity contribution in [3.8, 4) is 11.3 Å². The number of hydrogen-bond acceptors (Lipinski definition) is 3. The van der Waals surface area contributed by atoms with Crippen LogP contribution in [0.15, 0.2) is 42.5 Å². The number of anilines is 1. The Hall–Kier alpha value is -3.41. The van der Waals surface area contributed by atoms with Crippen LogP contribution < -0.4 is 5.32 Å². The average molecular weight is 378 g/mol. The highest BCUT2D eigenvalue weighted by Crippen LogP contribution is 2.44. The van der Waals surface area contributed by atoms with Crippen LogP contribution in [0.1, 0.15) is 38.7 Å². The van der Waals surface area contributed by atoms with E-state index >= 15 is 0 Å². The zero-order valence-corrected chi connectivity index (χ0v) is 15.7. The van der Waals surface area contributed by atoms with Crippen LogP contribution in [0.3, 0.4) is 0 Å². The summed E-state index contributed by atoms with van der Waals surface area (Å²) in [6.07, 6.45) is 0. The number of fused-ring (bicyclic) bond motifs is 1. The van der Waals surface area contributed by atoms with Gasteiger partial charge in [0.15, 0.2) is 0 Å². The number of aromatic nitrogens is 1. The van der Waals surface area contributed by atoms with Crippen molar-refractivity contribution in [3.63, 3.8) is 0 Å². The fraction of sp³-hybridized carbons (Fsp3) is 0.182. The summed E-state index contributed by atoms with van der Waals surface area (Å²) in [5.74, 6) is -2.11. The Kier molecular flexibility index (Phi) is 4.26. The summed E-state index contributed by atoms with van der Waals surface area (Å²) in [4.78, 5) is 28.7. The average Bonchev–Trinajstić information content (AvgIpc) is 3.16. The Labute approximate surface area is 161 Å². The van der Waals surface area contributed by atoms with Gasteiger partial charge in [0.05, 0.1) is 24.3 Å². The standard InChI is InChI=1S/C22H19FN2O3/c1-11-6-4-5-7-14(11)20-19(17(12(2)24-20)22(27)28-3)18-15-10-13(23)8-9-16(15)25-21(18)26/h4-10,18,24H,1-3H3,(H,25,26)/t18-/m0/s1. The van der Waals surface area contributed by atoms with E-state index < -0.39 is 17.7 Å². The van der Waals surface area contributed by atoms with Gasteiger partial charge in [-0.15, -0.1) is 0 Å². The molecule has 0 fully saturated rings. The lowest BCUT2D eigenvalue weighted by Crippen LogP contribution is -2.17. The number of methoxy groups -OCH3 is 1. The van der Waals surface area contributed by atoms with Gasteiger partial charge < -0.3 is 15.0 Å². The molecule has 1 aliphatic heterocycles. The van der Waals surface area contributed by atoms with Gasteiger partial charge in [-0.1, -0.05) is 24.3 Å². The molecule has 2 aromatic carbocycles. The van der Waals surface area contributed by atoms with Crippen LogP contribution in [0.25, 0.3) is 11.3 Å². The number of nitrogens with one attached hydrogen (secondary N) is 2. The fourth-order valence-electron chi connectivity index (χ4n) is 3.88. The van der Waals surface area contributed by atoms with Crippen molar-refractivity contribution in [2.75, 3.05) is 12.4 Å². The van der Waals surface area contributed by atoms with Crippen molar-refractivity contribution < 1.29 is 18.7 Å². The van der Waals surface area contributed by atoms with Crippen LogP contribution in [0.4, 0.5) is 10.1 Å². The molecule has 0 bridgehead atoms. The van der Waals surface area contributed by atoms with Crippen molar-refractivity contribution in [2.24, 2.45) is 0 Å². The number of aryl methyl sites for hydroxylation is 2. The van der Waals surface area contributed by atoms with Gasteiger partial charge in [-0.25, -0.2) is 9.18 Å². The number of ether oxygens (including phenoxy) is 1. The van der Waals surface area contributed by atoms with Crippen LogP contribution in [-0.4, -0.2) is 24.0 Å². The first-order valence-corrected chi connectivity index (χ1v) is 8.89.